The van der Waals surface area contributed by atoms with Gasteiger partial charge < -0.3 is 5.32 Å². The molecular formula is C9H14N2O. The fourth-order valence-corrected chi connectivity index (χ4v) is 0.565. The van der Waals surface area contributed by atoms with Gasteiger partial charge in [-0.1, -0.05) is 12.7 Å². The molecule has 0 atom stereocenters. The number of hydrogen-bond donors (Lipinski definition) is 1. The fraction of sp³-hybridized carbons (Fsp3) is 0.333. The first-order valence-corrected chi connectivity index (χ1v) is 3.70. The van der Waals surface area contributed by atoms with Crippen molar-refractivity contribution < 1.29 is 4.79 Å². The molecule has 0 unspecified atom stereocenters. The Bertz CT molecular complexity index is 239. The third-order valence-corrected chi connectivity index (χ3v) is 1.05. The number of nitrogens with one attached hydrogen (secondary N) is 1. The maximum Gasteiger partial charge on any atom is 0.222 e. The summed E-state index contributed by atoms with van der Waals surface area (Å²) in [5.41, 5.74) is 0.739. The summed E-state index contributed by atoms with van der Waals surface area (Å²) in [5, 5.41) is 2.57. The summed E-state index contributed by atoms with van der Waals surface area (Å²) < 4.78 is 0. The van der Waals surface area contributed by atoms with E-state index in [4.69, 9.17) is 0 Å². The number of nitrogens with zero attached hydrogens (tertiary/aromatic N) is 1. The zero-order valence-electron chi connectivity index (χ0n) is 7.72. The molecule has 0 heterocycles. The molecule has 0 aromatic rings. The Morgan fingerprint density at radius 3 is 2.42 bits per heavy atom. The maximum absolute atomic E-state index is 10.7. The summed E-state index contributed by atoms with van der Waals surface area (Å²) in [6.45, 7) is 8.77. The van der Waals surface area contributed by atoms with Crippen LogP contribution in [0.4, 0.5) is 0 Å². The Balaban J connectivity index is 4.43. The van der Waals surface area contributed by atoms with Crippen molar-refractivity contribution in [2.24, 2.45) is 4.99 Å². The van der Waals surface area contributed by atoms with Crippen LogP contribution in [-0.4, -0.2) is 11.7 Å². The van der Waals surface area contributed by atoms with E-state index in [0.29, 0.717) is 5.84 Å². The normalized spacial score (nSPS) is 11.8. The molecule has 0 aliphatic carbocycles. The lowest BCUT2D eigenvalue weighted by Crippen LogP contribution is -2.28. The summed E-state index contributed by atoms with van der Waals surface area (Å²) in [4.78, 5) is 14.7. The largest absolute Gasteiger partial charge is 0.311 e. The Hall–Kier alpha value is -1.38. The number of amidine groups is 1. The first-order chi connectivity index (χ1) is 5.57. The van der Waals surface area contributed by atoms with Crippen molar-refractivity contribution in [2.75, 3.05) is 0 Å². The molecule has 1 N–H and O–H groups in total. The SMILES string of the molecule is C=C(C)C(=N/C=C\C)NC(C)=O. The molecule has 0 saturated carbocycles. The number of carbonyl (C=O) groups is 1. The van der Waals surface area contributed by atoms with Crippen LogP contribution in [0.3, 0.4) is 0 Å². The Morgan fingerprint density at radius 1 is 1.50 bits per heavy atom. The molecule has 0 spiro atoms. The highest BCUT2D eigenvalue weighted by Gasteiger charge is 1.99. The quantitative estimate of drug-likeness (QED) is 0.491. The van der Waals surface area contributed by atoms with Crippen LogP contribution >= 0.6 is 0 Å². The van der Waals surface area contributed by atoms with Crippen molar-refractivity contribution in [1.82, 2.24) is 5.32 Å². The summed E-state index contributed by atoms with van der Waals surface area (Å²) in [6, 6.07) is 0. The lowest BCUT2D eigenvalue weighted by molar-refractivity contribution is -0.117. The lowest BCUT2D eigenvalue weighted by atomic mass is 10.3. The zero-order valence-corrected chi connectivity index (χ0v) is 7.72. The van der Waals surface area contributed by atoms with Crippen molar-refractivity contribution >= 4 is 11.7 Å². The molecule has 0 radical (unpaired) electrons. The molecule has 0 aromatic heterocycles. The van der Waals surface area contributed by atoms with Crippen molar-refractivity contribution in [2.45, 2.75) is 20.8 Å². The predicted octanol–water partition coefficient (Wildman–Crippen LogP) is 1.63. The molecule has 66 valence electrons. The average molecular weight is 166 g/mol. The fourth-order valence-electron chi connectivity index (χ4n) is 0.565. The van der Waals surface area contributed by atoms with E-state index in [-0.39, 0.29) is 5.91 Å². The summed E-state index contributed by atoms with van der Waals surface area (Å²) >= 11 is 0. The standard InChI is InChI=1S/C9H14N2O/c1-5-6-10-9(7(2)3)11-8(4)12/h5-6H,2H2,1,3-4H3,(H,10,11,12)/b6-5-. The van der Waals surface area contributed by atoms with E-state index in [1.165, 1.54) is 6.92 Å². The second-order valence-electron chi connectivity index (χ2n) is 2.42. The van der Waals surface area contributed by atoms with Gasteiger partial charge >= 0.3 is 0 Å². The average Bonchev–Trinajstić information content (AvgIpc) is 1.96. The van der Waals surface area contributed by atoms with E-state index < -0.39 is 0 Å². The Morgan fingerprint density at radius 2 is 2.08 bits per heavy atom. The van der Waals surface area contributed by atoms with Crippen LogP contribution in [0.5, 0.6) is 0 Å². The molecule has 0 fully saturated rings. The molecule has 3 nitrogen and oxygen atoms in total. The van der Waals surface area contributed by atoms with Crippen LogP contribution in [0, 0.1) is 0 Å². The van der Waals surface area contributed by atoms with Gasteiger partial charge in [-0.25, -0.2) is 4.99 Å². The van der Waals surface area contributed by atoms with Crippen LogP contribution in [0.25, 0.3) is 0 Å². The van der Waals surface area contributed by atoms with E-state index in [1.54, 1.807) is 19.2 Å². The molecule has 0 rings (SSSR count). The minimum Gasteiger partial charge on any atom is -0.311 e. The van der Waals surface area contributed by atoms with E-state index in [9.17, 15) is 4.79 Å². The van der Waals surface area contributed by atoms with E-state index in [0.717, 1.165) is 5.57 Å². The van der Waals surface area contributed by atoms with Gasteiger partial charge in [0.15, 0.2) is 0 Å². The number of amides is 1. The van der Waals surface area contributed by atoms with Gasteiger partial charge in [-0.15, -0.1) is 0 Å². The van der Waals surface area contributed by atoms with Gasteiger partial charge in [0.2, 0.25) is 5.91 Å². The number of hydrogen-bond acceptors (Lipinski definition) is 2. The zero-order chi connectivity index (χ0) is 9.56. The number of rotatable bonds is 2. The molecule has 0 saturated heterocycles. The van der Waals surface area contributed by atoms with Crippen LogP contribution in [-0.2, 0) is 4.79 Å². The molecular weight excluding hydrogens is 152 g/mol. The highest BCUT2D eigenvalue weighted by molar-refractivity contribution is 6.06. The predicted molar refractivity (Wildman–Crippen MR) is 50.9 cm³/mol. The van der Waals surface area contributed by atoms with Crippen molar-refractivity contribution in [3.05, 3.63) is 24.4 Å². The summed E-state index contributed by atoms with van der Waals surface area (Å²) in [5.74, 6) is 0.377. The molecule has 0 bridgehead atoms. The molecule has 0 aliphatic heterocycles. The first kappa shape index (κ1) is 10.6. The maximum atomic E-state index is 10.7. The van der Waals surface area contributed by atoms with Crippen LogP contribution in [0.2, 0.25) is 0 Å². The van der Waals surface area contributed by atoms with Gasteiger partial charge in [0.1, 0.15) is 5.84 Å². The van der Waals surface area contributed by atoms with Crippen LogP contribution in [0.15, 0.2) is 29.4 Å². The molecule has 12 heavy (non-hydrogen) atoms. The second kappa shape index (κ2) is 5.29. The van der Waals surface area contributed by atoms with Gasteiger partial charge in [0.05, 0.1) is 0 Å². The van der Waals surface area contributed by atoms with Crippen molar-refractivity contribution in [1.29, 1.82) is 0 Å². The highest BCUT2D eigenvalue weighted by Crippen LogP contribution is 1.91. The number of allylic oxidation sites excluding steroid dienone is 1. The minimum absolute atomic E-state index is 0.138. The summed E-state index contributed by atoms with van der Waals surface area (Å²) in [6.07, 6.45) is 3.39. The lowest BCUT2D eigenvalue weighted by Gasteiger charge is -2.03. The van der Waals surface area contributed by atoms with Crippen LogP contribution in [0.1, 0.15) is 20.8 Å². The third kappa shape index (κ3) is 4.44. The topological polar surface area (TPSA) is 41.5 Å². The second-order valence-corrected chi connectivity index (χ2v) is 2.42. The first-order valence-electron chi connectivity index (χ1n) is 3.70. The molecule has 0 aromatic carbocycles. The third-order valence-electron chi connectivity index (χ3n) is 1.05. The molecule has 0 aliphatic rings. The highest BCUT2D eigenvalue weighted by atomic mass is 16.1. The minimum atomic E-state index is -0.138. The summed E-state index contributed by atoms with van der Waals surface area (Å²) in [7, 11) is 0. The van der Waals surface area contributed by atoms with Crippen molar-refractivity contribution in [3.63, 3.8) is 0 Å². The van der Waals surface area contributed by atoms with Gasteiger partial charge in [-0.05, 0) is 19.4 Å². The van der Waals surface area contributed by atoms with Crippen LogP contribution < -0.4 is 5.32 Å². The van der Waals surface area contributed by atoms with E-state index in [2.05, 4.69) is 16.9 Å². The Labute approximate surface area is 72.9 Å². The molecule has 1 amide bonds. The van der Waals surface area contributed by atoms with Gasteiger partial charge in [-0.3, -0.25) is 4.79 Å². The van der Waals surface area contributed by atoms with Crippen molar-refractivity contribution in [3.8, 4) is 0 Å². The van der Waals surface area contributed by atoms with E-state index >= 15 is 0 Å². The van der Waals surface area contributed by atoms with Gasteiger partial charge in [0.25, 0.3) is 0 Å². The smallest absolute Gasteiger partial charge is 0.222 e. The number of carbonyl (C=O) groups excluding carboxylic acids is 1. The number of aliphatic imine (C=N–C) groups is 1. The Kier molecular flexibility index (Phi) is 4.69. The van der Waals surface area contributed by atoms with Gasteiger partial charge in [-0.2, -0.15) is 0 Å². The van der Waals surface area contributed by atoms with Gasteiger partial charge in [0, 0.05) is 13.1 Å². The monoisotopic (exact) mass is 166 g/mol. The molecule has 3 heteroatoms. The van der Waals surface area contributed by atoms with E-state index in [1.807, 2.05) is 6.92 Å².